The lowest BCUT2D eigenvalue weighted by Crippen LogP contribution is -2.19. The Hall–Kier alpha value is -0.280. The van der Waals surface area contributed by atoms with Gasteiger partial charge in [-0.05, 0) is 38.7 Å². The maximum absolute atomic E-state index is 6.03. The summed E-state index contributed by atoms with van der Waals surface area (Å²) in [5, 5.41) is 7.86. The first-order valence-corrected chi connectivity index (χ1v) is 5.79. The van der Waals surface area contributed by atoms with Gasteiger partial charge >= 0.3 is 0 Å². The van der Waals surface area contributed by atoms with Gasteiger partial charge in [0.1, 0.15) is 0 Å². The molecule has 4 heteroatoms. The van der Waals surface area contributed by atoms with Crippen molar-refractivity contribution >= 4 is 23.2 Å². The molecule has 0 aromatic heterocycles. The summed E-state index contributed by atoms with van der Waals surface area (Å²) in [4.78, 5) is 0. The van der Waals surface area contributed by atoms with Crippen LogP contribution in [0, 0.1) is 0 Å². The SMILES string of the molecule is CNCCCNCc1c(Cl)cccc1Cl. The van der Waals surface area contributed by atoms with E-state index in [9.17, 15) is 0 Å². The van der Waals surface area contributed by atoms with Crippen molar-refractivity contribution in [3.05, 3.63) is 33.8 Å². The molecule has 1 aromatic carbocycles. The third-order valence-corrected chi connectivity index (χ3v) is 2.85. The maximum atomic E-state index is 6.03. The van der Waals surface area contributed by atoms with Crippen LogP contribution in [0.1, 0.15) is 12.0 Å². The van der Waals surface area contributed by atoms with Gasteiger partial charge in [-0.1, -0.05) is 29.3 Å². The van der Waals surface area contributed by atoms with Crippen LogP contribution in [0.25, 0.3) is 0 Å². The highest BCUT2D eigenvalue weighted by Crippen LogP contribution is 2.23. The average molecular weight is 247 g/mol. The van der Waals surface area contributed by atoms with E-state index in [0.29, 0.717) is 0 Å². The smallest absolute Gasteiger partial charge is 0.0465 e. The fourth-order valence-corrected chi connectivity index (χ4v) is 1.84. The normalized spacial score (nSPS) is 10.6. The minimum atomic E-state index is 0.724. The van der Waals surface area contributed by atoms with Crippen molar-refractivity contribution in [3.63, 3.8) is 0 Å². The number of nitrogens with one attached hydrogen (secondary N) is 2. The number of hydrogen-bond acceptors (Lipinski definition) is 2. The van der Waals surface area contributed by atoms with Gasteiger partial charge in [-0.3, -0.25) is 0 Å². The van der Waals surface area contributed by atoms with Gasteiger partial charge in [-0.2, -0.15) is 0 Å². The molecule has 0 bridgehead atoms. The molecule has 0 aliphatic rings. The molecule has 1 aromatic rings. The minimum Gasteiger partial charge on any atom is -0.320 e. The summed E-state index contributed by atoms with van der Waals surface area (Å²) >= 11 is 12.1. The molecule has 84 valence electrons. The van der Waals surface area contributed by atoms with Crippen molar-refractivity contribution in [1.29, 1.82) is 0 Å². The Morgan fingerprint density at radius 1 is 1.13 bits per heavy atom. The molecule has 0 spiro atoms. The Kier molecular flexibility index (Phi) is 6.03. The van der Waals surface area contributed by atoms with Gasteiger partial charge in [0.25, 0.3) is 0 Å². The van der Waals surface area contributed by atoms with Crippen LogP contribution in [0.4, 0.5) is 0 Å². The molecule has 0 aliphatic carbocycles. The van der Waals surface area contributed by atoms with Crippen LogP contribution in [0.5, 0.6) is 0 Å². The van der Waals surface area contributed by atoms with E-state index in [2.05, 4.69) is 10.6 Å². The largest absolute Gasteiger partial charge is 0.320 e. The van der Waals surface area contributed by atoms with Crippen LogP contribution in [-0.4, -0.2) is 20.1 Å². The van der Waals surface area contributed by atoms with Crippen LogP contribution < -0.4 is 10.6 Å². The monoisotopic (exact) mass is 246 g/mol. The minimum absolute atomic E-state index is 0.724. The predicted molar refractivity (Wildman–Crippen MR) is 66.7 cm³/mol. The highest BCUT2D eigenvalue weighted by atomic mass is 35.5. The number of rotatable bonds is 6. The van der Waals surface area contributed by atoms with Crippen molar-refractivity contribution in [2.75, 3.05) is 20.1 Å². The van der Waals surface area contributed by atoms with E-state index in [1.54, 1.807) is 0 Å². The van der Waals surface area contributed by atoms with E-state index in [4.69, 9.17) is 23.2 Å². The standard InChI is InChI=1S/C11H16Cl2N2/c1-14-6-3-7-15-8-9-10(12)4-2-5-11(9)13/h2,4-5,14-15H,3,6-8H2,1H3. The van der Waals surface area contributed by atoms with Crippen molar-refractivity contribution in [2.45, 2.75) is 13.0 Å². The molecule has 0 unspecified atom stereocenters. The molecule has 2 nitrogen and oxygen atoms in total. The van der Waals surface area contributed by atoms with Gasteiger partial charge in [0, 0.05) is 22.2 Å². The van der Waals surface area contributed by atoms with Crippen LogP contribution in [-0.2, 0) is 6.54 Å². The van der Waals surface area contributed by atoms with E-state index >= 15 is 0 Å². The summed E-state index contributed by atoms with van der Waals surface area (Å²) in [6.45, 7) is 2.70. The second-order valence-electron chi connectivity index (χ2n) is 3.33. The van der Waals surface area contributed by atoms with Crippen LogP contribution >= 0.6 is 23.2 Å². The molecule has 0 atom stereocenters. The van der Waals surface area contributed by atoms with Crippen molar-refractivity contribution < 1.29 is 0 Å². The molecule has 0 saturated heterocycles. The van der Waals surface area contributed by atoms with Gasteiger partial charge in [0.2, 0.25) is 0 Å². The molecule has 0 fully saturated rings. The molecule has 0 amide bonds. The van der Waals surface area contributed by atoms with E-state index in [1.807, 2.05) is 25.2 Å². The second-order valence-corrected chi connectivity index (χ2v) is 4.15. The Bertz CT molecular complexity index is 282. The van der Waals surface area contributed by atoms with Gasteiger partial charge in [0.15, 0.2) is 0 Å². The van der Waals surface area contributed by atoms with E-state index in [-0.39, 0.29) is 0 Å². The topological polar surface area (TPSA) is 24.1 Å². The third-order valence-electron chi connectivity index (χ3n) is 2.14. The average Bonchev–Trinajstić information content (AvgIpc) is 2.21. The summed E-state index contributed by atoms with van der Waals surface area (Å²) in [6.07, 6.45) is 1.10. The van der Waals surface area contributed by atoms with E-state index in [1.165, 1.54) is 0 Å². The van der Waals surface area contributed by atoms with Crippen LogP contribution in [0.15, 0.2) is 18.2 Å². The molecule has 0 aliphatic heterocycles. The zero-order valence-corrected chi connectivity index (χ0v) is 10.3. The second kappa shape index (κ2) is 7.07. The van der Waals surface area contributed by atoms with Gasteiger partial charge in [-0.15, -0.1) is 0 Å². The van der Waals surface area contributed by atoms with E-state index in [0.717, 1.165) is 41.7 Å². The summed E-state index contributed by atoms with van der Waals surface area (Å²) in [5.74, 6) is 0. The summed E-state index contributed by atoms with van der Waals surface area (Å²) in [5.41, 5.74) is 0.977. The van der Waals surface area contributed by atoms with Crippen molar-refractivity contribution in [3.8, 4) is 0 Å². The Morgan fingerprint density at radius 2 is 1.80 bits per heavy atom. The number of benzene rings is 1. The zero-order chi connectivity index (χ0) is 11.1. The molecule has 0 heterocycles. The van der Waals surface area contributed by atoms with Crippen molar-refractivity contribution in [1.82, 2.24) is 10.6 Å². The summed E-state index contributed by atoms with van der Waals surface area (Å²) in [6, 6.07) is 5.57. The summed E-state index contributed by atoms with van der Waals surface area (Å²) in [7, 11) is 1.95. The molecule has 15 heavy (non-hydrogen) atoms. The first-order chi connectivity index (χ1) is 7.25. The fourth-order valence-electron chi connectivity index (χ4n) is 1.30. The zero-order valence-electron chi connectivity index (χ0n) is 8.82. The lowest BCUT2D eigenvalue weighted by Gasteiger charge is -2.08. The molecule has 1 rings (SSSR count). The molecular formula is C11H16Cl2N2. The fraction of sp³-hybridized carbons (Fsp3) is 0.455. The highest BCUT2D eigenvalue weighted by molar-refractivity contribution is 6.35. The molecular weight excluding hydrogens is 231 g/mol. The van der Waals surface area contributed by atoms with Crippen LogP contribution in [0.3, 0.4) is 0 Å². The number of halogens is 2. The van der Waals surface area contributed by atoms with E-state index < -0.39 is 0 Å². The Morgan fingerprint density at radius 3 is 2.40 bits per heavy atom. The molecule has 0 radical (unpaired) electrons. The molecule has 0 saturated carbocycles. The lowest BCUT2D eigenvalue weighted by atomic mass is 10.2. The Balaban J connectivity index is 2.37. The van der Waals surface area contributed by atoms with Gasteiger partial charge in [-0.25, -0.2) is 0 Å². The highest BCUT2D eigenvalue weighted by Gasteiger charge is 2.03. The number of hydrogen-bond donors (Lipinski definition) is 2. The lowest BCUT2D eigenvalue weighted by molar-refractivity contribution is 0.625. The summed E-state index contributed by atoms with van der Waals surface area (Å²) < 4.78 is 0. The van der Waals surface area contributed by atoms with Gasteiger partial charge in [0.05, 0.1) is 0 Å². The first kappa shape index (κ1) is 12.8. The third kappa shape index (κ3) is 4.39. The predicted octanol–water partition coefficient (Wildman–Crippen LogP) is 2.69. The van der Waals surface area contributed by atoms with Gasteiger partial charge < -0.3 is 10.6 Å². The Labute approximate surface area is 101 Å². The van der Waals surface area contributed by atoms with Crippen molar-refractivity contribution in [2.24, 2.45) is 0 Å². The quantitative estimate of drug-likeness (QED) is 0.755. The van der Waals surface area contributed by atoms with Crippen LogP contribution in [0.2, 0.25) is 10.0 Å². The maximum Gasteiger partial charge on any atom is 0.0465 e. The first-order valence-electron chi connectivity index (χ1n) is 5.04. The molecule has 2 N–H and O–H groups in total.